The van der Waals surface area contributed by atoms with Gasteiger partial charge in [0, 0.05) is 22.5 Å². The van der Waals surface area contributed by atoms with Gasteiger partial charge in [-0.3, -0.25) is 4.79 Å². The Balaban J connectivity index is 1.32. The lowest BCUT2D eigenvalue weighted by Crippen LogP contribution is -2.23. The van der Waals surface area contributed by atoms with Gasteiger partial charge in [0.25, 0.3) is 5.91 Å². The zero-order valence-corrected chi connectivity index (χ0v) is 24.0. The van der Waals surface area contributed by atoms with Crippen LogP contribution in [0.4, 0.5) is 11.4 Å². The van der Waals surface area contributed by atoms with Crippen LogP contribution in [0.5, 0.6) is 11.5 Å². The van der Waals surface area contributed by atoms with Crippen LogP contribution in [0.25, 0.3) is 20.8 Å². The average Bonchev–Trinajstić information content (AvgIpc) is 3.58. The van der Waals surface area contributed by atoms with Crippen molar-refractivity contribution in [2.24, 2.45) is 5.10 Å². The number of allylic oxidation sites excluding steroid dienone is 1. The zero-order chi connectivity index (χ0) is 28.5. The van der Waals surface area contributed by atoms with Crippen molar-refractivity contribution in [1.29, 1.82) is 0 Å². The summed E-state index contributed by atoms with van der Waals surface area (Å²) in [6, 6.07) is 29.2. The van der Waals surface area contributed by atoms with E-state index in [4.69, 9.17) is 19.6 Å². The van der Waals surface area contributed by atoms with Crippen LogP contribution in [0.1, 0.15) is 18.1 Å². The number of thiazole rings is 1. The molecule has 6 rings (SSSR count). The first-order chi connectivity index (χ1) is 19.9. The first-order valence-electron chi connectivity index (χ1n) is 13.1. The number of carbonyl (C=O) groups excluding carboxylic acids is 1. The number of carbonyl (C=O) groups is 1. The summed E-state index contributed by atoms with van der Waals surface area (Å²) >= 11 is 1.68. The molecule has 0 saturated carbocycles. The van der Waals surface area contributed by atoms with Gasteiger partial charge in [0.1, 0.15) is 22.2 Å². The molecule has 4 aromatic carbocycles. The number of aryl methyl sites for hydroxylation is 1. The molecule has 0 atom stereocenters. The van der Waals surface area contributed by atoms with E-state index >= 15 is 0 Å². The molecule has 0 bridgehead atoms. The van der Waals surface area contributed by atoms with Gasteiger partial charge in [-0.25, -0.2) is 4.98 Å². The van der Waals surface area contributed by atoms with Crippen molar-refractivity contribution < 1.29 is 14.3 Å². The highest BCUT2D eigenvalue weighted by Crippen LogP contribution is 2.33. The van der Waals surface area contributed by atoms with Crippen molar-refractivity contribution in [2.45, 2.75) is 13.8 Å². The second kappa shape index (κ2) is 10.9. The molecule has 41 heavy (non-hydrogen) atoms. The molecule has 2 heterocycles. The molecule has 1 aliphatic heterocycles. The molecule has 1 N–H and O–H groups in total. The molecule has 7 nitrogen and oxygen atoms in total. The molecule has 1 aliphatic rings. The van der Waals surface area contributed by atoms with E-state index in [0.717, 1.165) is 33.1 Å². The third kappa shape index (κ3) is 5.17. The predicted octanol–water partition coefficient (Wildman–Crippen LogP) is 7.43. The van der Waals surface area contributed by atoms with E-state index in [1.807, 2.05) is 79.7 Å². The lowest BCUT2D eigenvalue weighted by molar-refractivity contribution is -0.114. The lowest BCUT2D eigenvalue weighted by Gasteiger charge is -2.14. The fourth-order valence-corrected chi connectivity index (χ4v) is 5.79. The molecule has 1 aromatic heterocycles. The summed E-state index contributed by atoms with van der Waals surface area (Å²) in [5.74, 6) is 1.22. The Kier molecular flexibility index (Phi) is 6.99. The fourth-order valence-electron chi connectivity index (χ4n) is 4.72. The normalized spacial score (nSPS) is 14.3. The summed E-state index contributed by atoms with van der Waals surface area (Å²) in [6.45, 7) is 3.99. The number of nitrogens with zero attached hydrogens (tertiary/aromatic N) is 3. The standard InChI is InChI=1S/C33H28N4O3S/c1-20-5-18-28-29(19-20)41-32(35-28)23-6-10-24(11-7-23)34-21(2)30-31(22-8-14-26(39-3)15-9-22)36-37(33(30)38)25-12-16-27(40-4)17-13-25/h5-19,34H,1-4H3/b30-21-. The molecule has 8 heteroatoms. The van der Waals surface area contributed by atoms with Gasteiger partial charge in [0.2, 0.25) is 0 Å². The molecule has 0 aliphatic carbocycles. The number of amides is 1. The lowest BCUT2D eigenvalue weighted by atomic mass is 10.0. The summed E-state index contributed by atoms with van der Waals surface area (Å²) in [5.41, 5.74) is 7.38. The number of aromatic nitrogens is 1. The van der Waals surface area contributed by atoms with Crippen LogP contribution in [-0.4, -0.2) is 30.8 Å². The number of hydrogen-bond donors (Lipinski definition) is 1. The van der Waals surface area contributed by atoms with Crippen LogP contribution in [0.2, 0.25) is 0 Å². The van der Waals surface area contributed by atoms with Gasteiger partial charge in [0.05, 0.1) is 35.7 Å². The van der Waals surface area contributed by atoms with Crippen molar-refractivity contribution in [3.63, 3.8) is 0 Å². The minimum absolute atomic E-state index is 0.215. The number of methoxy groups -OCH3 is 2. The van der Waals surface area contributed by atoms with Crippen molar-refractivity contribution in [3.05, 3.63) is 113 Å². The molecule has 0 saturated heterocycles. The quantitative estimate of drug-likeness (QED) is 0.210. The highest BCUT2D eigenvalue weighted by molar-refractivity contribution is 7.21. The van der Waals surface area contributed by atoms with Crippen LogP contribution in [0, 0.1) is 6.92 Å². The SMILES string of the molecule is COc1ccc(C2=NN(c3ccc(OC)cc3)C(=O)/C2=C(/C)Nc2ccc(-c3nc4ccc(C)cc4s3)cc2)cc1. The Bertz CT molecular complexity index is 1800. The number of ether oxygens (including phenoxy) is 2. The first-order valence-corrected chi connectivity index (χ1v) is 13.9. The zero-order valence-electron chi connectivity index (χ0n) is 23.1. The number of fused-ring (bicyclic) bond motifs is 1. The van der Waals surface area contributed by atoms with Crippen LogP contribution in [0.3, 0.4) is 0 Å². The van der Waals surface area contributed by atoms with Crippen LogP contribution in [-0.2, 0) is 4.79 Å². The van der Waals surface area contributed by atoms with Gasteiger partial charge in [0.15, 0.2) is 0 Å². The van der Waals surface area contributed by atoms with E-state index in [0.29, 0.717) is 28.4 Å². The Morgan fingerprint density at radius 1 is 0.829 bits per heavy atom. The maximum Gasteiger partial charge on any atom is 0.282 e. The maximum absolute atomic E-state index is 13.8. The minimum atomic E-state index is -0.215. The van der Waals surface area contributed by atoms with Gasteiger partial charge in [-0.2, -0.15) is 10.1 Å². The number of hydrazone groups is 1. The summed E-state index contributed by atoms with van der Waals surface area (Å²) in [5, 5.41) is 10.6. The second-order valence-electron chi connectivity index (χ2n) is 9.68. The summed E-state index contributed by atoms with van der Waals surface area (Å²) in [7, 11) is 3.23. The van der Waals surface area contributed by atoms with Crippen molar-refractivity contribution in [2.75, 3.05) is 24.5 Å². The van der Waals surface area contributed by atoms with Crippen molar-refractivity contribution >= 4 is 44.5 Å². The molecule has 0 radical (unpaired) electrons. The van der Waals surface area contributed by atoms with Gasteiger partial charge >= 0.3 is 0 Å². The third-order valence-electron chi connectivity index (χ3n) is 6.91. The molecule has 0 unspecified atom stereocenters. The predicted molar refractivity (Wildman–Crippen MR) is 166 cm³/mol. The summed E-state index contributed by atoms with van der Waals surface area (Å²) in [4.78, 5) is 18.6. The molecule has 1 amide bonds. The highest BCUT2D eigenvalue weighted by atomic mass is 32.1. The molecule has 0 spiro atoms. The van der Waals surface area contributed by atoms with Crippen molar-refractivity contribution in [1.82, 2.24) is 4.98 Å². The monoisotopic (exact) mass is 560 g/mol. The molecule has 204 valence electrons. The van der Waals surface area contributed by atoms with E-state index in [9.17, 15) is 4.79 Å². The first kappa shape index (κ1) is 26.3. The fraction of sp³-hybridized carbons (Fsp3) is 0.121. The van der Waals surface area contributed by atoms with E-state index < -0.39 is 0 Å². The molecule has 0 fully saturated rings. The van der Waals surface area contributed by atoms with Gasteiger partial charge in [-0.1, -0.05) is 6.07 Å². The molecular formula is C33H28N4O3S. The molecular weight excluding hydrogens is 532 g/mol. The average molecular weight is 561 g/mol. The number of benzene rings is 4. The van der Waals surface area contributed by atoms with Crippen LogP contribution < -0.4 is 19.8 Å². The second-order valence-corrected chi connectivity index (χ2v) is 10.7. The number of rotatable bonds is 7. The smallest absolute Gasteiger partial charge is 0.282 e. The third-order valence-corrected chi connectivity index (χ3v) is 7.97. The highest BCUT2D eigenvalue weighted by Gasteiger charge is 2.34. The van der Waals surface area contributed by atoms with E-state index in [2.05, 4.69) is 30.4 Å². The Labute approximate surface area is 242 Å². The largest absolute Gasteiger partial charge is 0.497 e. The number of anilines is 2. The Hall–Kier alpha value is -4.95. The van der Waals surface area contributed by atoms with Crippen LogP contribution in [0.15, 0.2) is 107 Å². The number of hydrogen-bond acceptors (Lipinski definition) is 7. The Morgan fingerprint density at radius 3 is 2.12 bits per heavy atom. The van der Waals surface area contributed by atoms with E-state index in [1.54, 1.807) is 25.6 Å². The Morgan fingerprint density at radius 2 is 1.46 bits per heavy atom. The van der Waals surface area contributed by atoms with Gasteiger partial charge < -0.3 is 14.8 Å². The topological polar surface area (TPSA) is 76.1 Å². The maximum atomic E-state index is 13.8. The van der Waals surface area contributed by atoms with Crippen LogP contribution >= 0.6 is 11.3 Å². The van der Waals surface area contributed by atoms with Gasteiger partial charge in [-0.05, 0) is 104 Å². The van der Waals surface area contributed by atoms with Gasteiger partial charge in [-0.15, -0.1) is 11.3 Å². The van der Waals surface area contributed by atoms with E-state index in [1.165, 1.54) is 15.3 Å². The minimum Gasteiger partial charge on any atom is -0.497 e. The summed E-state index contributed by atoms with van der Waals surface area (Å²) in [6.07, 6.45) is 0. The number of nitrogens with one attached hydrogen (secondary N) is 1. The van der Waals surface area contributed by atoms with E-state index in [-0.39, 0.29) is 5.91 Å². The van der Waals surface area contributed by atoms with Crippen molar-refractivity contribution in [3.8, 4) is 22.1 Å². The molecule has 5 aromatic rings. The summed E-state index contributed by atoms with van der Waals surface area (Å²) < 4.78 is 11.8.